The minimum Gasteiger partial charge on any atom is -0.239 e. The van der Waals surface area contributed by atoms with Crippen molar-refractivity contribution in [1.82, 2.24) is 4.98 Å². The van der Waals surface area contributed by atoms with E-state index in [4.69, 9.17) is 15.9 Å². The van der Waals surface area contributed by atoms with Gasteiger partial charge in [-0.15, -0.1) is 0 Å². The second-order valence-electron chi connectivity index (χ2n) is 2.81. The summed E-state index contributed by atoms with van der Waals surface area (Å²) >= 11 is 0. The molecular formula is C8H7ClN2O2S. The molecule has 1 heterocycles. The first-order chi connectivity index (χ1) is 6.36. The SMILES string of the molecule is Cc1cc(C)c(C#N)c(S(=O)(=O)Cl)n1. The molecule has 0 aliphatic carbocycles. The molecule has 1 aromatic rings. The Morgan fingerprint density at radius 1 is 1.50 bits per heavy atom. The van der Waals surface area contributed by atoms with E-state index >= 15 is 0 Å². The molecule has 14 heavy (non-hydrogen) atoms. The number of hydrogen-bond acceptors (Lipinski definition) is 4. The minimum absolute atomic E-state index is 0.00519. The highest BCUT2D eigenvalue weighted by molar-refractivity contribution is 8.13. The molecule has 0 N–H and O–H groups in total. The summed E-state index contributed by atoms with van der Waals surface area (Å²) in [4.78, 5) is 3.73. The van der Waals surface area contributed by atoms with Crippen LogP contribution in [0.2, 0.25) is 0 Å². The van der Waals surface area contributed by atoms with Gasteiger partial charge in [0, 0.05) is 16.4 Å². The number of aromatic nitrogens is 1. The van der Waals surface area contributed by atoms with Crippen LogP contribution in [0.4, 0.5) is 0 Å². The molecule has 0 aliphatic rings. The Labute approximate surface area is 86.6 Å². The Balaban J connectivity index is 3.68. The summed E-state index contributed by atoms with van der Waals surface area (Å²) in [5, 5.41) is 8.38. The van der Waals surface area contributed by atoms with Crippen molar-refractivity contribution in [2.75, 3.05) is 0 Å². The summed E-state index contributed by atoms with van der Waals surface area (Å²) in [7, 11) is 1.19. The van der Waals surface area contributed by atoms with E-state index in [0.717, 1.165) is 0 Å². The molecule has 74 valence electrons. The second-order valence-corrected chi connectivity index (χ2v) is 5.29. The number of pyridine rings is 1. The number of aryl methyl sites for hydroxylation is 2. The van der Waals surface area contributed by atoms with E-state index in [1.54, 1.807) is 26.0 Å². The van der Waals surface area contributed by atoms with E-state index in [-0.39, 0.29) is 10.6 Å². The molecule has 0 saturated carbocycles. The van der Waals surface area contributed by atoms with Crippen molar-refractivity contribution in [2.24, 2.45) is 0 Å². The van der Waals surface area contributed by atoms with Gasteiger partial charge in [-0.3, -0.25) is 0 Å². The van der Waals surface area contributed by atoms with Gasteiger partial charge in [-0.2, -0.15) is 5.26 Å². The molecule has 0 aliphatic heterocycles. The van der Waals surface area contributed by atoms with Crippen molar-refractivity contribution in [3.8, 4) is 6.07 Å². The third-order valence-corrected chi connectivity index (χ3v) is 2.85. The lowest BCUT2D eigenvalue weighted by atomic mass is 10.1. The van der Waals surface area contributed by atoms with Gasteiger partial charge >= 0.3 is 0 Å². The average molecular weight is 231 g/mol. The smallest absolute Gasteiger partial charge is 0.239 e. The van der Waals surface area contributed by atoms with Crippen LogP contribution in [-0.4, -0.2) is 13.4 Å². The highest BCUT2D eigenvalue weighted by Crippen LogP contribution is 2.20. The Bertz CT molecular complexity index is 517. The highest BCUT2D eigenvalue weighted by Gasteiger charge is 2.19. The quantitative estimate of drug-likeness (QED) is 0.686. The van der Waals surface area contributed by atoms with Crippen molar-refractivity contribution in [3.63, 3.8) is 0 Å². The molecule has 0 spiro atoms. The zero-order valence-corrected chi connectivity index (χ0v) is 9.15. The lowest BCUT2D eigenvalue weighted by Gasteiger charge is -2.03. The molecule has 0 unspecified atom stereocenters. The third-order valence-electron chi connectivity index (χ3n) is 1.65. The standard InChI is InChI=1S/C8H7ClN2O2S/c1-5-3-6(2)11-8(7(5)4-10)14(9,12)13/h3H,1-2H3. The van der Waals surface area contributed by atoms with Gasteiger partial charge in [0.15, 0.2) is 5.03 Å². The molecule has 0 saturated heterocycles. The van der Waals surface area contributed by atoms with E-state index in [0.29, 0.717) is 11.3 Å². The second kappa shape index (κ2) is 3.56. The van der Waals surface area contributed by atoms with Gasteiger partial charge in [-0.25, -0.2) is 13.4 Å². The Kier molecular flexibility index (Phi) is 2.79. The van der Waals surface area contributed by atoms with Crippen LogP contribution >= 0.6 is 10.7 Å². The number of rotatable bonds is 1. The summed E-state index contributed by atoms with van der Waals surface area (Å²) in [6, 6.07) is 3.40. The van der Waals surface area contributed by atoms with E-state index in [1.807, 2.05) is 0 Å². The van der Waals surface area contributed by atoms with Crippen molar-refractivity contribution in [1.29, 1.82) is 5.26 Å². The van der Waals surface area contributed by atoms with Crippen LogP contribution in [0, 0.1) is 25.2 Å². The molecule has 1 aromatic heterocycles. The molecule has 0 amide bonds. The lowest BCUT2D eigenvalue weighted by molar-refractivity contribution is 0.605. The van der Waals surface area contributed by atoms with Crippen molar-refractivity contribution < 1.29 is 8.42 Å². The van der Waals surface area contributed by atoms with Crippen LogP contribution in [0.25, 0.3) is 0 Å². The fourth-order valence-corrected chi connectivity index (χ4v) is 2.15. The van der Waals surface area contributed by atoms with Gasteiger partial charge in [-0.1, -0.05) is 0 Å². The van der Waals surface area contributed by atoms with Gasteiger partial charge in [-0.05, 0) is 25.5 Å². The van der Waals surface area contributed by atoms with Crippen molar-refractivity contribution in [2.45, 2.75) is 18.9 Å². The molecule has 0 aromatic carbocycles. The molecular weight excluding hydrogens is 224 g/mol. The van der Waals surface area contributed by atoms with E-state index in [9.17, 15) is 8.42 Å². The maximum absolute atomic E-state index is 11.1. The Hall–Kier alpha value is -1.12. The molecule has 0 radical (unpaired) electrons. The van der Waals surface area contributed by atoms with Crippen LogP contribution in [0.3, 0.4) is 0 Å². The summed E-state index contributed by atoms with van der Waals surface area (Å²) in [6.07, 6.45) is 0. The predicted octanol–water partition coefficient (Wildman–Crippen LogP) is 1.50. The van der Waals surface area contributed by atoms with Crippen LogP contribution in [0.5, 0.6) is 0 Å². The zero-order valence-electron chi connectivity index (χ0n) is 7.57. The fraction of sp³-hybridized carbons (Fsp3) is 0.250. The number of hydrogen-bond donors (Lipinski definition) is 0. The summed E-state index contributed by atoms with van der Waals surface area (Å²) in [5.41, 5.74) is 1.07. The maximum atomic E-state index is 11.1. The van der Waals surface area contributed by atoms with Gasteiger partial charge in [0.1, 0.15) is 6.07 Å². The van der Waals surface area contributed by atoms with Crippen LogP contribution in [0.15, 0.2) is 11.1 Å². The Morgan fingerprint density at radius 3 is 2.50 bits per heavy atom. The van der Waals surface area contributed by atoms with E-state index < -0.39 is 9.05 Å². The van der Waals surface area contributed by atoms with Gasteiger partial charge in [0.05, 0.1) is 5.56 Å². The third kappa shape index (κ3) is 2.03. The first kappa shape index (κ1) is 11.0. The summed E-state index contributed by atoms with van der Waals surface area (Å²) in [5.74, 6) is 0. The zero-order chi connectivity index (χ0) is 10.9. The first-order valence-corrected chi connectivity index (χ1v) is 6.00. The summed E-state index contributed by atoms with van der Waals surface area (Å²) < 4.78 is 22.1. The van der Waals surface area contributed by atoms with Gasteiger partial charge in [0.2, 0.25) is 0 Å². The van der Waals surface area contributed by atoms with Crippen LogP contribution < -0.4 is 0 Å². The predicted molar refractivity (Wildman–Crippen MR) is 51.5 cm³/mol. The topological polar surface area (TPSA) is 70.8 Å². The highest BCUT2D eigenvalue weighted by atomic mass is 35.7. The summed E-state index contributed by atoms with van der Waals surface area (Å²) in [6.45, 7) is 3.28. The van der Waals surface area contributed by atoms with Gasteiger partial charge in [0.25, 0.3) is 9.05 Å². The largest absolute Gasteiger partial charge is 0.280 e. The number of nitriles is 1. The van der Waals surface area contributed by atoms with Crippen LogP contribution in [0.1, 0.15) is 16.8 Å². The first-order valence-electron chi connectivity index (χ1n) is 3.69. The van der Waals surface area contributed by atoms with Crippen molar-refractivity contribution >= 4 is 19.7 Å². The number of nitrogens with zero attached hydrogens (tertiary/aromatic N) is 2. The van der Waals surface area contributed by atoms with E-state index in [1.165, 1.54) is 0 Å². The molecule has 1 rings (SSSR count). The van der Waals surface area contributed by atoms with E-state index in [2.05, 4.69) is 4.98 Å². The molecule has 0 fully saturated rings. The van der Waals surface area contributed by atoms with Crippen molar-refractivity contribution in [3.05, 3.63) is 22.9 Å². The maximum Gasteiger partial charge on any atom is 0.280 e. The number of halogens is 1. The lowest BCUT2D eigenvalue weighted by Crippen LogP contribution is -2.02. The molecule has 0 bridgehead atoms. The average Bonchev–Trinajstić information content (AvgIpc) is 2.01. The van der Waals surface area contributed by atoms with Crippen LogP contribution in [-0.2, 0) is 9.05 Å². The molecule has 6 heteroatoms. The normalized spacial score (nSPS) is 11.0. The van der Waals surface area contributed by atoms with Gasteiger partial charge < -0.3 is 0 Å². The monoisotopic (exact) mass is 230 g/mol. The molecule has 0 atom stereocenters. The minimum atomic E-state index is -3.95. The Morgan fingerprint density at radius 2 is 2.07 bits per heavy atom. The fourth-order valence-electron chi connectivity index (χ4n) is 1.11. The molecule has 4 nitrogen and oxygen atoms in total.